The number of nitrogens with zero attached hydrogens (tertiary/aromatic N) is 1. The molecule has 0 bridgehead atoms. The predicted octanol–water partition coefficient (Wildman–Crippen LogP) is 3.90. The van der Waals surface area contributed by atoms with E-state index in [9.17, 15) is 8.42 Å². The lowest BCUT2D eigenvalue weighted by Crippen LogP contribution is -2.32. The van der Waals surface area contributed by atoms with Crippen LogP contribution in [0.25, 0.3) is 0 Å². The van der Waals surface area contributed by atoms with Gasteiger partial charge >= 0.3 is 0 Å². The van der Waals surface area contributed by atoms with Gasteiger partial charge in [-0.05, 0) is 24.6 Å². The molecule has 7 heteroatoms. The van der Waals surface area contributed by atoms with Gasteiger partial charge in [-0.3, -0.25) is 0 Å². The van der Waals surface area contributed by atoms with Crippen molar-refractivity contribution in [3.05, 3.63) is 27.7 Å². The van der Waals surface area contributed by atoms with Crippen LogP contribution in [0.2, 0.25) is 5.02 Å². The number of sulfonamides is 1. The lowest BCUT2D eigenvalue weighted by atomic mass is 10.4. The van der Waals surface area contributed by atoms with Crippen LogP contribution in [0.3, 0.4) is 0 Å². The summed E-state index contributed by atoms with van der Waals surface area (Å²) in [7, 11) is -3.51. The van der Waals surface area contributed by atoms with E-state index in [1.54, 1.807) is 12.1 Å². The number of rotatable bonds is 6. The normalized spacial score (nSPS) is 12.1. The second kappa shape index (κ2) is 7.24. The van der Waals surface area contributed by atoms with Crippen LogP contribution < -0.4 is 0 Å². The van der Waals surface area contributed by atoms with E-state index in [0.29, 0.717) is 13.1 Å². The van der Waals surface area contributed by atoms with Crippen molar-refractivity contribution in [1.82, 2.24) is 4.31 Å². The molecule has 1 aromatic carbocycles. The first-order valence-electron chi connectivity index (χ1n) is 5.44. The Morgan fingerprint density at radius 2 is 2.06 bits per heavy atom. The molecule has 0 fully saturated rings. The van der Waals surface area contributed by atoms with E-state index in [2.05, 4.69) is 31.9 Å². The third-order valence-corrected chi connectivity index (χ3v) is 5.92. The first-order chi connectivity index (χ1) is 8.43. The molecule has 0 N–H and O–H groups in total. The van der Waals surface area contributed by atoms with Gasteiger partial charge < -0.3 is 0 Å². The summed E-state index contributed by atoms with van der Waals surface area (Å²) in [6.07, 6.45) is 0.765. The first-order valence-corrected chi connectivity index (χ1v) is 9.18. The smallest absolute Gasteiger partial charge is 0.207 e. The van der Waals surface area contributed by atoms with Gasteiger partial charge in [-0.15, -0.1) is 0 Å². The summed E-state index contributed by atoms with van der Waals surface area (Å²) in [5.74, 6) is 0. The fourth-order valence-corrected chi connectivity index (χ4v) is 4.26. The summed E-state index contributed by atoms with van der Waals surface area (Å²) in [4.78, 5) is 0.156. The maximum atomic E-state index is 12.4. The fraction of sp³-hybridized carbons (Fsp3) is 0.455. The van der Waals surface area contributed by atoms with Gasteiger partial charge in [-0.2, -0.15) is 4.31 Å². The van der Waals surface area contributed by atoms with Crippen LogP contribution in [-0.4, -0.2) is 31.1 Å². The maximum absolute atomic E-state index is 12.4. The zero-order chi connectivity index (χ0) is 13.8. The molecule has 0 unspecified atom stereocenters. The molecule has 102 valence electrons. The third kappa shape index (κ3) is 3.93. The Balaban J connectivity index is 3.10. The topological polar surface area (TPSA) is 37.4 Å². The Kier molecular flexibility index (Phi) is 6.61. The molecule has 3 nitrogen and oxygen atoms in total. The van der Waals surface area contributed by atoms with E-state index < -0.39 is 10.0 Å². The molecule has 0 atom stereocenters. The summed E-state index contributed by atoms with van der Waals surface area (Å²) in [5, 5.41) is 1.01. The highest BCUT2D eigenvalue weighted by Crippen LogP contribution is 2.27. The van der Waals surface area contributed by atoms with Gasteiger partial charge in [0, 0.05) is 22.9 Å². The second-order valence-electron chi connectivity index (χ2n) is 3.61. The van der Waals surface area contributed by atoms with Gasteiger partial charge in [0.2, 0.25) is 10.0 Å². The van der Waals surface area contributed by atoms with E-state index in [-0.39, 0.29) is 9.92 Å². The van der Waals surface area contributed by atoms with Gasteiger partial charge in [0.15, 0.2) is 0 Å². The highest BCUT2D eigenvalue weighted by Gasteiger charge is 2.24. The lowest BCUT2D eigenvalue weighted by molar-refractivity contribution is 0.428. The van der Waals surface area contributed by atoms with Crippen LogP contribution in [0.1, 0.15) is 13.3 Å². The number of benzene rings is 1. The quantitative estimate of drug-likeness (QED) is 0.656. The Hall–Kier alpha value is 0.380. The first kappa shape index (κ1) is 16.4. The van der Waals surface area contributed by atoms with Gasteiger partial charge in [0.05, 0.1) is 5.02 Å². The van der Waals surface area contributed by atoms with Gasteiger partial charge in [0.1, 0.15) is 4.90 Å². The number of hydrogen-bond acceptors (Lipinski definition) is 2. The SMILES string of the molecule is CCN(CCCBr)S(=O)(=O)c1ccc(Br)cc1Cl. The standard InChI is InChI=1S/C11H14Br2ClNO2S/c1-2-15(7-3-6-12)18(16,17)11-5-4-9(13)8-10(11)14/h4-5,8H,2-3,6-7H2,1H3. The molecule has 0 aliphatic rings. The van der Waals surface area contributed by atoms with Crippen molar-refractivity contribution in [3.63, 3.8) is 0 Å². The zero-order valence-electron chi connectivity index (χ0n) is 9.87. The zero-order valence-corrected chi connectivity index (χ0v) is 14.6. The molecule has 0 radical (unpaired) electrons. The van der Waals surface area contributed by atoms with Crippen LogP contribution in [0.15, 0.2) is 27.6 Å². The second-order valence-corrected chi connectivity index (χ2v) is 7.64. The summed E-state index contributed by atoms with van der Waals surface area (Å²) >= 11 is 12.6. The van der Waals surface area contributed by atoms with Crippen LogP contribution in [0.5, 0.6) is 0 Å². The molecule has 0 aliphatic heterocycles. The minimum atomic E-state index is -3.51. The van der Waals surface area contributed by atoms with Crippen LogP contribution >= 0.6 is 43.5 Å². The molecule has 0 heterocycles. The number of hydrogen-bond donors (Lipinski definition) is 0. The van der Waals surface area contributed by atoms with E-state index >= 15 is 0 Å². The van der Waals surface area contributed by atoms with Crippen LogP contribution in [-0.2, 0) is 10.0 Å². The van der Waals surface area contributed by atoms with Crippen LogP contribution in [0, 0.1) is 0 Å². The van der Waals surface area contributed by atoms with E-state index in [1.807, 2.05) is 6.92 Å². The monoisotopic (exact) mass is 417 g/mol. The number of alkyl halides is 1. The van der Waals surface area contributed by atoms with Gasteiger partial charge in [-0.25, -0.2) is 8.42 Å². The minimum absolute atomic E-state index is 0.156. The molecule has 18 heavy (non-hydrogen) atoms. The molecule has 1 aromatic rings. The summed E-state index contributed by atoms with van der Waals surface area (Å²) in [6, 6.07) is 4.79. The maximum Gasteiger partial charge on any atom is 0.244 e. The molecule has 0 saturated carbocycles. The lowest BCUT2D eigenvalue weighted by Gasteiger charge is -2.20. The summed E-state index contributed by atoms with van der Waals surface area (Å²) < 4.78 is 27.0. The molecule has 0 spiro atoms. The summed E-state index contributed by atoms with van der Waals surface area (Å²) in [6.45, 7) is 2.73. The molecule has 0 saturated heterocycles. The summed E-state index contributed by atoms with van der Waals surface area (Å²) in [5.41, 5.74) is 0. The highest BCUT2D eigenvalue weighted by molar-refractivity contribution is 9.10. The Bertz CT molecular complexity index is 508. The van der Waals surface area contributed by atoms with E-state index in [0.717, 1.165) is 16.2 Å². The van der Waals surface area contributed by atoms with Crippen molar-refractivity contribution in [2.24, 2.45) is 0 Å². The molecular formula is C11H14Br2ClNO2S. The van der Waals surface area contributed by atoms with E-state index in [1.165, 1.54) is 10.4 Å². The van der Waals surface area contributed by atoms with Crippen molar-refractivity contribution in [2.75, 3.05) is 18.4 Å². The van der Waals surface area contributed by atoms with Gasteiger partial charge in [-0.1, -0.05) is 50.4 Å². The average Bonchev–Trinajstić information content (AvgIpc) is 2.29. The van der Waals surface area contributed by atoms with Crippen molar-refractivity contribution < 1.29 is 8.42 Å². The van der Waals surface area contributed by atoms with Gasteiger partial charge in [0.25, 0.3) is 0 Å². The Labute approximate surface area is 130 Å². The average molecular weight is 420 g/mol. The fourth-order valence-electron chi connectivity index (χ4n) is 1.51. The molecular weight excluding hydrogens is 405 g/mol. The largest absolute Gasteiger partial charge is 0.244 e. The van der Waals surface area contributed by atoms with Crippen molar-refractivity contribution in [1.29, 1.82) is 0 Å². The van der Waals surface area contributed by atoms with Crippen molar-refractivity contribution >= 4 is 53.5 Å². The highest BCUT2D eigenvalue weighted by atomic mass is 79.9. The van der Waals surface area contributed by atoms with Crippen molar-refractivity contribution in [2.45, 2.75) is 18.2 Å². The molecule has 0 aromatic heterocycles. The van der Waals surface area contributed by atoms with Crippen LogP contribution in [0.4, 0.5) is 0 Å². The molecule has 0 aliphatic carbocycles. The number of halogens is 3. The molecule has 1 rings (SSSR count). The molecule has 0 amide bonds. The van der Waals surface area contributed by atoms with Crippen molar-refractivity contribution in [3.8, 4) is 0 Å². The predicted molar refractivity (Wildman–Crippen MR) is 82.0 cm³/mol. The Morgan fingerprint density at radius 1 is 1.39 bits per heavy atom. The third-order valence-electron chi connectivity index (χ3n) is 2.41. The van der Waals surface area contributed by atoms with E-state index in [4.69, 9.17) is 11.6 Å². The minimum Gasteiger partial charge on any atom is -0.207 e. The Morgan fingerprint density at radius 3 is 2.56 bits per heavy atom.